The van der Waals surface area contributed by atoms with Crippen LogP contribution in [0.5, 0.6) is 0 Å². The number of imidazole rings is 1. The molecule has 1 atom stereocenters. The van der Waals surface area contributed by atoms with Gasteiger partial charge in [0.2, 0.25) is 0 Å². The fourth-order valence-corrected chi connectivity index (χ4v) is 3.58. The van der Waals surface area contributed by atoms with Gasteiger partial charge in [0.25, 0.3) is 0 Å². The molecule has 5 heteroatoms. The average molecular weight is 339 g/mol. The second kappa shape index (κ2) is 8.12. The number of aromatic nitrogens is 2. The molecule has 3 rings (SSSR count). The van der Waals surface area contributed by atoms with E-state index in [0.29, 0.717) is 0 Å². The van der Waals surface area contributed by atoms with Gasteiger partial charge < -0.3 is 9.67 Å². The average Bonchev–Trinajstić information content (AvgIpc) is 3.21. The van der Waals surface area contributed by atoms with E-state index in [0.717, 1.165) is 49.3 Å². The van der Waals surface area contributed by atoms with Gasteiger partial charge in [-0.15, -0.1) is 0 Å². The number of nitrogens with zero attached hydrogens (tertiary/aromatic N) is 3. The first-order valence-electron chi connectivity index (χ1n) is 8.84. The molecule has 0 bridgehead atoms. The first kappa shape index (κ1) is 17.4. The molecule has 1 aliphatic rings. The van der Waals surface area contributed by atoms with Crippen molar-refractivity contribution in [1.82, 2.24) is 14.5 Å². The Morgan fingerprint density at radius 3 is 2.84 bits per heavy atom. The predicted octanol–water partition coefficient (Wildman–Crippen LogP) is 3.18. The summed E-state index contributed by atoms with van der Waals surface area (Å²) >= 11 is 0. The molecule has 2 heterocycles. The van der Waals surface area contributed by atoms with E-state index in [2.05, 4.69) is 28.1 Å². The molecular formula is C20H25N3O2. The normalized spacial score (nSPS) is 18.6. The highest BCUT2D eigenvalue weighted by atomic mass is 16.4. The number of likely N-dealkylation sites (tertiary alicyclic amines) is 1. The Morgan fingerprint density at radius 1 is 1.36 bits per heavy atom. The summed E-state index contributed by atoms with van der Waals surface area (Å²) in [6.07, 6.45) is 9.20. The van der Waals surface area contributed by atoms with Gasteiger partial charge in [-0.1, -0.05) is 36.4 Å². The minimum absolute atomic E-state index is 0.180. The lowest BCUT2D eigenvalue weighted by molar-refractivity contribution is -0.138. The molecule has 1 fully saturated rings. The van der Waals surface area contributed by atoms with E-state index in [1.54, 1.807) is 0 Å². The third kappa shape index (κ3) is 4.37. The van der Waals surface area contributed by atoms with E-state index >= 15 is 0 Å². The Morgan fingerprint density at radius 2 is 2.16 bits per heavy atom. The van der Waals surface area contributed by atoms with Crippen LogP contribution in [0, 0.1) is 0 Å². The summed E-state index contributed by atoms with van der Waals surface area (Å²) in [5, 5.41) is 9.06. The molecule has 0 unspecified atom stereocenters. The first-order chi connectivity index (χ1) is 12.1. The molecule has 0 radical (unpaired) electrons. The summed E-state index contributed by atoms with van der Waals surface area (Å²) in [5.74, 6) is 0.250. The maximum absolute atomic E-state index is 11.0. The van der Waals surface area contributed by atoms with E-state index < -0.39 is 5.97 Å². The maximum Gasteiger partial charge on any atom is 0.304 e. The molecular weight excluding hydrogens is 314 g/mol. The molecule has 132 valence electrons. The van der Waals surface area contributed by atoms with Crippen LogP contribution in [0.1, 0.15) is 37.1 Å². The number of carbonyl (C=O) groups is 1. The second-order valence-corrected chi connectivity index (χ2v) is 6.56. The van der Waals surface area contributed by atoms with Crippen molar-refractivity contribution in [2.24, 2.45) is 7.05 Å². The van der Waals surface area contributed by atoms with E-state index in [9.17, 15) is 4.79 Å². The van der Waals surface area contributed by atoms with Gasteiger partial charge in [-0.2, -0.15) is 0 Å². The van der Waals surface area contributed by atoms with Crippen molar-refractivity contribution in [2.45, 2.75) is 31.7 Å². The first-order valence-corrected chi connectivity index (χ1v) is 8.84. The number of aryl methyl sites for hydroxylation is 1. The zero-order valence-corrected chi connectivity index (χ0v) is 14.6. The van der Waals surface area contributed by atoms with Crippen LogP contribution in [-0.4, -0.2) is 44.7 Å². The lowest BCUT2D eigenvalue weighted by atomic mass is 10.0. The maximum atomic E-state index is 11.0. The Balaban J connectivity index is 1.74. The summed E-state index contributed by atoms with van der Waals surface area (Å²) in [5.41, 5.74) is 2.28. The molecule has 1 aromatic heterocycles. The van der Waals surface area contributed by atoms with Crippen molar-refractivity contribution >= 4 is 11.5 Å². The second-order valence-electron chi connectivity index (χ2n) is 6.56. The Labute approximate surface area is 148 Å². The highest BCUT2D eigenvalue weighted by Crippen LogP contribution is 2.24. The highest BCUT2D eigenvalue weighted by molar-refractivity contribution is 5.76. The molecule has 25 heavy (non-hydrogen) atoms. The van der Waals surface area contributed by atoms with E-state index in [1.165, 1.54) is 0 Å². The zero-order valence-electron chi connectivity index (χ0n) is 14.6. The molecule has 2 aromatic rings. The lowest BCUT2D eigenvalue weighted by Crippen LogP contribution is -2.32. The monoisotopic (exact) mass is 339 g/mol. The van der Waals surface area contributed by atoms with Gasteiger partial charge in [-0.25, -0.2) is 4.98 Å². The van der Waals surface area contributed by atoms with Crippen LogP contribution < -0.4 is 0 Å². The Kier molecular flexibility index (Phi) is 5.66. The number of hydrogen-bond acceptors (Lipinski definition) is 3. The van der Waals surface area contributed by atoms with Crippen molar-refractivity contribution in [3.05, 3.63) is 60.2 Å². The van der Waals surface area contributed by atoms with Gasteiger partial charge in [0.05, 0.1) is 6.42 Å². The molecule has 0 spiro atoms. The summed E-state index contributed by atoms with van der Waals surface area (Å²) in [4.78, 5) is 17.8. The zero-order chi connectivity index (χ0) is 17.6. The molecule has 0 amide bonds. The number of hydrogen-bond donors (Lipinski definition) is 1. The van der Waals surface area contributed by atoms with Crippen LogP contribution >= 0.6 is 0 Å². The fourth-order valence-electron chi connectivity index (χ4n) is 3.58. The fraction of sp³-hybridized carbons (Fsp3) is 0.400. The third-order valence-corrected chi connectivity index (χ3v) is 4.82. The Hall–Kier alpha value is -2.40. The van der Waals surface area contributed by atoms with E-state index in [1.807, 2.05) is 42.2 Å². The van der Waals surface area contributed by atoms with E-state index in [-0.39, 0.29) is 12.5 Å². The molecule has 0 saturated carbocycles. The van der Waals surface area contributed by atoms with Crippen LogP contribution in [-0.2, 0) is 11.8 Å². The summed E-state index contributed by atoms with van der Waals surface area (Å²) < 4.78 is 2.03. The molecule has 0 aliphatic carbocycles. The quantitative estimate of drug-likeness (QED) is 0.842. The van der Waals surface area contributed by atoms with Gasteiger partial charge >= 0.3 is 5.97 Å². The molecule has 5 nitrogen and oxygen atoms in total. The van der Waals surface area contributed by atoms with Crippen LogP contribution in [0.4, 0.5) is 0 Å². The van der Waals surface area contributed by atoms with Gasteiger partial charge in [0, 0.05) is 37.6 Å². The summed E-state index contributed by atoms with van der Waals surface area (Å²) in [6, 6.07) is 10.5. The van der Waals surface area contributed by atoms with Gasteiger partial charge in [-0.3, -0.25) is 9.69 Å². The van der Waals surface area contributed by atoms with Crippen LogP contribution in [0.15, 0.2) is 48.8 Å². The molecule has 1 saturated heterocycles. The molecule has 1 aromatic carbocycles. The topological polar surface area (TPSA) is 58.4 Å². The largest absolute Gasteiger partial charge is 0.481 e. The van der Waals surface area contributed by atoms with Crippen LogP contribution in [0.25, 0.3) is 5.57 Å². The number of aliphatic carboxylic acids is 1. The van der Waals surface area contributed by atoms with Crippen LogP contribution in [0.3, 0.4) is 0 Å². The van der Waals surface area contributed by atoms with Crippen molar-refractivity contribution < 1.29 is 9.90 Å². The van der Waals surface area contributed by atoms with Gasteiger partial charge in [-0.05, 0) is 31.4 Å². The van der Waals surface area contributed by atoms with Crippen molar-refractivity contribution in [3.63, 3.8) is 0 Å². The van der Waals surface area contributed by atoms with Crippen molar-refractivity contribution in [3.8, 4) is 0 Å². The number of benzene rings is 1. The summed E-state index contributed by atoms with van der Waals surface area (Å²) in [6.45, 7) is 1.88. The lowest BCUT2D eigenvalue weighted by Gasteiger charge is -2.22. The minimum atomic E-state index is -0.703. The SMILES string of the molecule is Cn1ccnc1C(=CCCN1CCC[C@H]1CC(=O)O)c1ccccc1. The van der Waals surface area contributed by atoms with Crippen molar-refractivity contribution in [1.29, 1.82) is 0 Å². The van der Waals surface area contributed by atoms with E-state index in [4.69, 9.17) is 5.11 Å². The van der Waals surface area contributed by atoms with Crippen LogP contribution in [0.2, 0.25) is 0 Å². The van der Waals surface area contributed by atoms with Gasteiger partial charge in [0.15, 0.2) is 0 Å². The van der Waals surface area contributed by atoms with Crippen molar-refractivity contribution in [2.75, 3.05) is 13.1 Å². The highest BCUT2D eigenvalue weighted by Gasteiger charge is 2.25. The van der Waals surface area contributed by atoms with Gasteiger partial charge in [0.1, 0.15) is 5.82 Å². The number of carboxylic acids is 1. The minimum Gasteiger partial charge on any atom is -0.481 e. The smallest absolute Gasteiger partial charge is 0.304 e. The number of rotatable bonds is 7. The molecule has 1 N–H and O–H groups in total. The molecule has 1 aliphatic heterocycles. The third-order valence-electron chi connectivity index (χ3n) is 4.82. The standard InChI is InChI=1S/C20H25N3O2/c1-22-14-11-21-20(22)18(16-7-3-2-4-8-16)10-6-13-23-12-5-9-17(23)15-19(24)25/h2-4,7-8,10-11,14,17H,5-6,9,12-13,15H2,1H3,(H,24,25)/t17-/m0/s1. The summed E-state index contributed by atoms with van der Waals surface area (Å²) in [7, 11) is 2.00. The number of carboxylic acid groups (broad SMARTS) is 1. The predicted molar refractivity (Wildman–Crippen MR) is 98.2 cm³/mol. The Bertz CT molecular complexity index is 736.